The molecule has 0 bridgehead atoms. The van der Waals surface area contributed by atoms with Crippen LogP contribution in [0.3, 0.4) is 0 Å². The van der Waals surface area contributed by atoms with E-state index in [9.17, 15) is 9.59 Å². The van der Waals surface area contributed by atoms with Crippen LogP contribution in [0.4, 0.5) is 0 Å². The van der Waals surface area contributed by atoms with Crippen molar-refractivity contribution in [3.05, 3.63) is 47.1 Å². The first-order chi connectivity index (χ1) is 9.47. The summed E-state index contributed by atoms with van der Waals surface area (Å²) in [4.78, 5) is 28.4. The number of aromatic carboxylic acids is 1. The highest BCUT2D eigenvalue weighted by Gasteiger charge is 2.20. The molecule has 0 aliphatic rings. The number of aryl methyl sites for hydroxylation is 1. The van der Waals surface area contributed by atoms with Gasteiger partial charge in [0.05, 0.1) is 12.2 Å². The van der Waals surface area contributed by atoms with E-state index in [-0.39, 0.29) is 11.5 Å². The zero-order valence-corrected chi connectivity index (χ0v) is 11.0. The molecule has 2 aromatic rings. The minimum atomic E-state index is -1.26. The van der Waals surface area contributed by atoms with Crippen LogP contribution < -0.4 is 0 Å². The number of nitrogens with zero attached hydrogens (tertiary/aromatic N) is 3. The summed E-state index contributed by atoms with van der Waals surface area (Å²) in [5, 5.41) is 12.2. The molecule has 0 radical (unpaired) electrons. The molecule has 1 N–H and O–H groups in total. The smallest absolute Gasteiger partial charge is 0.374 e. The highest BCUT2D eigenvalue weighted by atomic mass is 16.5. The SMILES string of the molecule is Cc1cccc(CN(C)C(=O)c2cc(C(=O)O)on2)n1. The Labute approximate surface area is 114 Å². The average molecular weight is 275 g/mol. The number of carboxylic acid groups (broad SMARTS) is 1. The largest absolute Gasteiger partial charge is 0.475 e. The molecule has 0 spiro atoms. The molecule has 0 unspecified atom stereocenters. The Kier molecular flexibility index (Phi) is 3.79. The molecule has 0 aliphatic carbocycles. The number of carbonyl (C=O) groups is 2. The number of carbonyl (C=O) groups excluding carboxylic acids is 1. The molecular weight excluding hydrogens is 262 g/mol. The summed E-state index contributed by atoms with van der Waals surface area (Å²) >= 11 is 0. The van der Waals surface area contributed by atoms with Crippen molar-refractivity contribution in [2.24, 2.45) is 0 Å². The van der Waals surface area contributed by atoms with E-state index >= 15 is 0 Å². The molecule has 7 heteroatoms. The van der Waals surface area contributed by atoms with Crippen LogP contribution in [-0.2, 0) is 6.54 Å². The number of hydrogen-bond acceptors (Lipinski definition) is 5. The Balaban J connectivity index is 2.10. The standard InChI is InChI=1S/C13H13N3O4/c1-8-4-3-5-9(14-8)7-16(2)12(17)10-6-11(13(18)19)20-15-10/h3-6H,7H2,1-2H3,(H,18,19). The second kappa shape index (κ2) is 5.52. The summed E-state index contributed by atoms with van der Waals surface area (Å²) in [6.45, 7) is 2.16. The number of pyridine rings is 1. The van der Waals surface area contributed by atoms with Crippen molar-refractivity contribution in [2.45, 2.75) is 13.5 Å². The fraction of sp³-hybridized carbons (Fsp3) is 0.231. The summed E-state index contributed by atoms with van der Waals surface area (Å²) in [5.74, 6) is -2.06. The van der Waals surface area contributed by atoms with E-state index in [1.165, 1.54) is 4.90 Å². The Morgan fingerprint density at radius 2 is 2.15 bits per heavy atom. The first kappa shape index (κ1) is 13.7. The van der Waals surface area contributed by atoms with Crippen LogP contribution in [0, 0.1) is 6.92 Å². The molecular formula is C13H13N3O4. The molecule has 0 saturated heterocycles. The van der Waals surface area contributed by atoms with Gasteiger partial charge in [-0.3, -0.25) is 9.78 Å². The number of amides is 1. The fourth-order valence-electron chi connectivity index (χ4n) is 1.67. The lowest BCUT2D eigenvalue weighted by atomic mass is 10.3. The summed E-state index contributed by atoms with van der Waals surface area (Å²) in [5.41, 5.74) is 1.55. The van der Waals surface area contributed by atoms with E-state index in [2.05, 4.69) is 14.7 Å². The molecule has 2 rings (SSSR count). The molecule has 0 aromatic carbocycles. The van der Waals surface area contributed by atoms with Crippen LogP contribution in [0.25, 0.3) is 0 Å². The van der Waals surface area contributed by atoms with Crippen molar-refractivity contribution < 1.29 is 19.2 Å². The Hall–Kier alpha value is -2.70. The fourth-order valence-corrected chi connectivity index (χ4v) is 1.67. The van der Waals surface area contributed by atoms with E-state index in [4.69, 9.17) is 5.11 Å². The van der Waals surface area contributed by atoms with Gasteiger partial charge in [0, 0.05) is 18.8 Å². The predicted molar refractivity (Wildman–Crippen MR) is 68.2 cm³/mol. The van der Waals surface area contributed by atoms with Gasteiger partial charge in [0.1, 0.15) is 0 Å². The Bertz CT molecular complexity index is 651. The van der Waals surface area contributed by atoms with E-state index in [0.717, 1.165) is 17.5 Å². The lowest BCUT2D eigenvalue weighted by molar-refractivity contribution is 0.0649. The van der Waals surface area contributed by atoms with Gasteiger partial charge in [0.15, 0.2) is 5.69 Å². The molecule has 20 heavy (non-hydrogen) atoms. The average Bonchev–Trinajstić information content (AvgIpc) is 2.87. The van der Waals surface area contributed by atoms with E-state index in [1.807, 2.05) is 25.1 Å². The summed E-state index contributed by atoms with van der Waals surface area (Å²) in [6, 6.07) is 6.63. The van der Waals surface area contributed by atoms with Gasteiger partial charge in [-0.05, 0) is 19.1 Å². The maximum Gasteiger partial charge on any atom is 0.374 e. The Morgan fingerprint density at radius 3 is 2.75 bits per heavy atom. The number of hydrogen-bond donors (Lipinski definition) is 1. The van der Waals surface area contributed by atoms with Crippen LogP contribution in [-0.4, -0.2) is 39.1 Å². The molecule has 0 saturated carbocycles. The van der Waals surface area contributed by atoms with Crippen molar-refractivity contribution in [1.82, 2.24) is 15.0 Å². The summed E-state index contributed by atoms with van der Waals surface area (Å²) in [6.07, 6.45) is 0. The van der Waals surface area contributed by atoms with E-state index in [0.29, 0.717) is 6.54 Å². The van der Waals surface area contributed by atoms with Gasteiger partial charge in [0.2, 0.25) is 5.76 Å². The van der Waals surface area contributed by atoms with Crippen molar-refractivity contribution in [3.63, 3.8) is 0 Å². The lowest BCUT2D eigenvalue weighted by Gasteiger charge is -2.15. The second-order valence-electron chi connectivity index (χ2n) is 4.31. The van der Waals surface area contributed by atoms with Crippen molar-refractivity contribution in [2.75, 3.05) is 7.05 Å². The second-order valence-corrected chi connectivity index (χ2v) is 4.31. The third-order valence-electron chi connectivity index (χ3n) is 2.63. The first-order valence-electron chi connectivity index (χ1n) is 5.85. The van der Waals surface area contributed by atoms with Gasteiger partial charge in [0.25, 0.3) is 5.91 Å². The molecule has 1 amide bonds. The van der Waals surface area contributed by atoms with Gasteiger partial charge in [-0.2, -0.15) is 0 Å². The van der Waals surface area contributed by atoms with Gasteiger partial charge >= 0.3 is 5.97 Å². The number of aromatic nitrogens is 2. The minimum absolute atomic E-state index is 0.0439. The van der Waals surface area contributed by atoms with E-state index < -0.39 is 11.9 Å². The quantitative estimate of drug-likeness (QED) is 0.904. The molecule has 0 aliphatic heterocycles. The zero-order valence-electron chi connectivity index (χ0n) is 11.0. The Morgan fingerprint density at radius 1 is 1.40 bits per heavy atom. The van der Waals surface area contributed by atoms with Crippen molar-refractivity contribution in [1.29, 1.82) is 0 Å². The highest BCUT2D eigenvalue weighted by Crippen LogP contribution is 2.09. The third-order valence-corrected chi connectivity index (χ3v) is 2.63. The maximum absolute atomic E-state index is 12.1. The third kappa shape index (κ3) is 3.00. The molecule has 2 heterocycles. The van der Waals surface area contributed by atoms with Crippen LogP contribution >= 0.6 is 0 Å². The summed E-state index contributed by atoms with van der Waals surface area (Å²) < 4.78 is 4.55. The van der Waals surface area contributed by atoms with Crippen LogP contribution in [0.15, 0.2) is 28.8 Å². The van der Waals surface area contributed by atoms with Gasteiger partial charge < -0.3 is 14.5 Å². The molecule has 104 valence electrons. The topological polar surface area (TPSA) is 96.5 Å². The number of rotatable bonds is 4. The van der Waals surface area contributed by atoms with Crippen LogP contribution in [0.1, 0.15) is 32.4 Å². The lowest BCUT2D eigenvalue weighted by Crippen LogP contribution is -2.27. The normalized spacial score (nSPS) is 10.3. The van der Waals surface area contributed by atoms with Gasteiger partial charge in [-0.15, -0.1) is 0 Å². The molecule has 0 atom stereocenters. The molecule has 0 fully saturated rings. The van der Waals surface area contributed by atoms with Gasteiger partial charge in [-0.25, -0.2) is 4.79 Å². The minimum Gasteiger partial charge on any atom is -0.475 e. The van der Waals surface area contributed by atoms with E-state index in [1.54, 1.807) is 7.05 Å². The maximum atomic E-state index is 12.1. The van der Waals surface area contributed by atoms with Crippen LogP contribution in [0.5, 0.6) is 0 Å². The number of carboxylic acids is 1. The highest BCUT2D eigenvalue weighted by molar-refractivity contribution is 5.94. The van der Waals surface area contributed by atoms with Crippen molar-refractivity contribution in [3.8, 4) is 0 Å². The predicted octanol–water partition coefficient (Wildman–Crippen LogP) is 1.35. The van der Waals surface area contributed by atoms with Crippen LogP contribution in [0.2, 0.25) is 0 Å². The molecule has 7 nitrogen and oxygen atoms in total. The monoisotopic (exact) mass is 275 g/mol. The van der Waals surface area contributed by atoms with Gasteiger partial charge in [-0.1, -0.05) is 11.2 Å². The molecule has 2 aromatic heterocycles. The summed E-state index contributed by atoms with van der Waals surface area (Å²) in [7, 11) is 1.58. The van der Waals surface area contributed by atoms with Crippen molar-refractivity contribution >= 4 is 11.9 Å². The first-order valence-corrected chi connectivity index (χ1v) is 5.85. The zero-order chi connectivity index (χ0) is 14.7.